The Labute approximate surface area is 94.4 Å². The van der Waals surface area contributed by atoms with Gasteiger partial charge in [-0.1, -0.05) is 23.8 Å². The molecular formula is C12H15N3O. The summed E-state index contributed by atoms with van der Waals surface area (Å²) in [5.74, 6) is 0.515. The first-order valence-electron chi connectivity index (χ1n) is 5.26. The van der Waals surface area contributed by atoms with Crippen LogP contribution in [-0.2, 0) is 6.42 Å². The maximum Gasteiger partial charge on any atom is 0.153 e. The number of hydrogen-bond donors (Lipinski definition) is 2. The molecule has 2 N–H and O–H groups in total. The van der Waals surface area contributed by atoms with E-state index in [4.69, 9.17) is 0 Å². The molecule has 0 aliphatic heterocycles. The fraction of sp³-hybridized carbons (Fsp3) is 0.333. The van der Waals surface area contributed by atoms with Crippen LogP contribution in [0, 0.1) is 13.8 Å². The average molecular weight is 217 g/mol. The van der Waals surface area contributed by atoms with Gasteiger partial charge < -0.3 is 5.11 Å². The third-order valence-electron chi connectivity index (χ3n) is 2.67. The number of aryl methyl sites for hydroxylation is 2. The molecule has 1 aromatic carbocycles. The summed E-state index contributed by atoms with van der Waals surface area (Å²) in [6.45, 7) is 4.09. The average Bonchev–Trinajstić information content (AvgIpc) is 2.76. The van der Waals surface area contributed by atoms with Gasteiger partial charge in [-0.25, -0.2) is 4.98 Å². The highest BCUT2D eigenvalue weighted by molar-refractivity contribution is 5.31. The van der Waals surface area contributed by atoms with E-state index in [9.17, 15) is 5.11 Å². The topological polar surface area (TPSA) is 61.8 Å². The summed E-state index contributed by atoms with van der Waals surface area (Å²) in [7, 11) is 0. The highest BCUT2D eigenvalue weighted by Gasteiger charge is 2.12. The Morgan fingerprint density at radius 1 is 1.38 bits per heavy atom. The Morgan fingerprint density at radius 2 is 2.19 bits per heavy atom. The highest BCUT2D eigenvalue weighted by atomic mass is 16.3. The molecular weight excluding hydrogens is 202 g/mol. The van der Waals surface area contributed by atoms with E-state index >= 15 is 0 Å². The lowest BCUT2D eigenvalue weighted by atomic mass is 10.00. The molecule has 0 fully saturated rings. The van der Waals surface area contributed by atoms with Crippen molar-refractivity contribution in [3.8, 4) is 0 Å². The summed E-state index contributed by atoms with van der Waals surface area (Å²) in [4.78, 5) is 3.95. The van der Waals surface area contributed by atoms with E-state index in [1.807, 2.05) is 13.8 Å². The number of nitrogens with zero attached hydrogens (tertiary/aromatic N) is 2. The molecule has 1 atom stereocenters. The zero-order chi connectivity index (χ0) is 11.5. The van der Waals surface area contributed by atoms with Crippen molar-refractivity contribution in [1.29, 1.82) is 0 Å². The number of benzene rings is 1. The van der Waals surface area contributed by atoms with Gasteiger partial charge in [0.25, 0.3) is 0 Å². The quantitative estimate of drug-likeness (QED) is 0.822. The van der Waals surface area contributed by atoms with Gasteiger partial charge in [-0.05, 0) is 25.0 Å². The van der Waals surface area contributed by atoms with E-state index in [0.717, 1.165) is 5.56 Å². The van der Waals surface area contributed by atoms with Crippen LogP contribution < -0.4 is 0 Å². The Bertz CT molecular complexity index is 465. The molecule has 1 unspecified atom stereocenters. The largest absolute Gasteiger partial charge is 0.385 e. The van der Waals surface area contributed by atoms with Gasteiger partial charge in [0.2, 0.25) is 0 Å². The molecule has 0 spiro atoms. The first kappa shape index (κ1) is 10.8. The van der Waals surface area contributed by atoms with Gasteiger partial charge in [0, 0.05) is 6.42 Å². The number of aliphatic hydroxyl groups excluding tert-OH is 1. The zero-order valence-corrected chi connectivity index (χ0v) is 9.44. The van der Waals surface area contributed by atoms with Gasteiger partial charge >= 0.3 is 0 Å². The molecule has 0 aliphatic rings. The number of nitrogens with one attached hydrogen (secondary N) is 1. The highest BCUT2D eigenvalue weighted by Crippen LogP contribution is 2.18. The molecule has 0 amide bonds. The van der Waals surface area contributed by atoms with Gasteiger partial charge in [-0.15, -0.1) is 0 Å². The lowest BCUT2D eigenvalue weighted by Gasteiger charge is -2.10. The molecule has 1 heterocycles. The third kappa shape index (κ3) is 2.28. The monoisotopic (exact) mass is 217 g/mol. The van der Waals surface area contributed by atoms with Crippen molar-refractivity contribution in [2.45, 2.75) is 26.4 Å². The van der Waals surface area contributed by atoms with Crippen LogP contribution in [0.25, 0.3) is 0 Å². The van der Waals surface area contributed by atoms with Crippen molar-refractivity contribution in [1.82, 2.24) is 15.2 Å². The number of aromatic amines is 1. The van der Waals surface area contributed by atoms with E-state index in [1.54, 1.807) is 0 Å². The fourth-order valence-corrected chi connectivity index (χ4v) is 1.70. The second-order valence-electron chi connectivity index (χ2n) is 4.02. The van der Waals surface area contributed by atoms with Gasteiger partial charge in [0.05, 0.1) is 0 Å². The minimum Gasteiger partial charge on any atom is -0.385 e. The Kier molecular flexibility index (Phi) is 3.01. The standard InChI is InChI=1S/C12H15N3O/c1-8-3-4-9(2)10(5-8)6-11(16)12-13-7-14-15-12/h3-5,7,11,16H,6H2,1-2H3,(H,13,14,15). The van der Waals surface area contributed by atoms with Crippen molar-refractivity contribution in [2.75, 3.05) is 0 Å². The van der Waals surface area contributed by atoms with Gasteiger partial charge in [0.1, 0.15) is 12.4 Å². The molecule has 0 saturated carbocycles. The lowest BCUT2D eigenvalue weighted by molar-refractivity contribution is 0.168. The molecule has 16 heavy (non-hydrogen) atoms. The Morgan fingerprint density at radius 3 is 2.88 bits per heavy atom. The molecule has 2 aromatic rings. The van der Waals surface area contributed by atoms with Gasteiger partial charge in [-0.2, -0.15) is 5.10 Å². The van der Waals surface area contributed by atoms with Crippen LogP contribution in [0.3, 0.4) is 0 Å². The van der Waals surface area contributed by atoms with Crippen LogP contribution in [0.2, 0.25) is 0 Å². The van der Waals surface area contributed by atoms with Crippen molar-refractivity contribution in [3.05, 3.63) is 47.0 Å². The van der Waals surface area contributed by atoms with Crippen molar-refractivity contribution >= 4 is 0 Å². The normalized spacial score (nSPS) is 12.7. The molecule has 4 heteroatoms. The summed E-state index contributed by atoms with van der Waals surface area (Å²) >= 11 is 0. The maximum atomic E-state index is 9.94. The number of hydrogen-bond acceptors (Lipinski definition) is 3. The van der Waals surface area contributed by atoms with Gasteiger partial charge in [-0.3, -0.25) is 5.10 Å². The van der Waals surface area contributed by atoms with Crippen LogP contribution >= 0.6 is 0 Å². The Balaban J connectivity index is 2.17. The van der Waals surface area contributed by atoms with E-state index in [2.05, 4.69) is 33.4 Å². The minimum absolute atomic E-state index is 0.515. The van der Waals surface area contributed by atoms with Crippen molar-refractivity contribution < 1.29 is 5.11 Å². The zero-order valence-electron chi connectivity index (χ0n) is 9.44. The number of aromatic nitrogens is 3. The van der Waals surface area contributed by atoms with Crippen LogP contribution in [-0.4, -0.2) is 20.3 Å². The van der Waals surface area contributed by atoms with Crippen LogP contribution in [0.4, 0.5) is 0 Å². The first-order chi connectivity index (χ1) is 7.66. The number of H-pyrrole nitrogens is 1. The Hall–Kier alpha value is -1.68. The SMILES string of the molecule is Cc1ccc(C)c(CC(O)c2ncn[nH]2)c1. The van der Waals surface area contributed by atoms with E-state index in [-0.39, 0.29) is 0 Å². The predicted molar refractivity (Wildman–Crippen MR) is 61.0 cm³/mol. The number of rotatable bonds is 3. The summed E-state index contributed by atoms with van der Waals surface area (Å²) < 4.78 is 0. The fourth-order valence-electron chi connectivity index (χ4n) is 1.70. The predicted octanol–water partition coefficient (Wildman–Crippen LogP) is 1.70. The van der Waals surface area contributed by atoms with E-state index in [0.29, 0.717) is 12.2 Å². The lowest BCUT2D eigenvalue weighted by Crippen LogP contribution is -2.05. The second kappa shape index (κ2) is 4.45. The van der Waals surface area contributed by atoms with E-state index < -0.39 is 6.10 Å². The molecule has 84 valence electrons. The third-order valence-corrected chi connectivity index (χ3v) is 2.67. The molecule has 0 radical (unpaired) electrons. The molecule has 0 bridgehead atoms. The van der Waals surface area contributed by atoms with Crippen LogP contribution in [0.5, 0.6) is 0 Å². The minimum atomic E-state index is -0.622. The molecule has 0 aliphatic carbocycles. The van der Waals surface area contributed by atoms with Crippen molar-refractivity contribution in [3.63, 3.8) is 0 Å². The molecule has 1 aromatic heterocycles. The second-order valence-corrected chi connectivity index (χ2v) is 4.02. The summed E-state index contributed by atoms with van der Waals surface area (Å²) in [5.41, 5.74) is 3.53. The van der Waals surface area contributed by atoms with Crippen molar-refractivity contribution in [2.24, 2.45) is 0 Å². The van der Waals surface area contributed by atoms with Crippen LogP contribution in [0.1, 0.15) is 28.6 Å². The first-order valence-corrected chi connectivity index (χ1v) is 5.26. The number of aliphatic hydroxyl groups is 1. The molecule has 4 nitrogen and oxygen atoms in total. The summed E-state index contributed by atoms with van der Waals surface area (Å²) in [5, 5.41) is 16.4. The molecule has 0 saturated heterocycles. The summed E-state index contributed by atoms with van der Waals surface area (Å²) in [6.07, 6.45) is 1.34. The summed E-state index contributed by atoms with van der Waals surface area (Å²) in [6, 6.07) is 6.23. The molecule has 2 rings (SSSR count). The van der Waals surface area contributed by atoms with Crippen LogP contribution in [0.15, 0.2) is 24.5 Å². The van der Waals surface area contributed by atoms with E-state index in [1.165, 1.54) is 17.5 Å². The van der Waals surface area contributed by atoms with Gasteiger partial charge in [0.15, 0.2) is 5.82 Å². The smallest absolute Gasteiger partial charge is 0.153 e. The maximum absolute atomic E-state index is 9.94.